The molecule has 3 rings (SSSR count). The number of rotatable bonds is 7. The number of morpholine rings is 1. The van der Waals surface area contributed by atoms with Crippen LogP contribution in [0.25, 0.3) is 0 Å². The molecule has 2 saturated heterocycles. The van der Waals surface area contributed by atoms with E-state index in [0.717, 1.165) is 52.5 Å². The van der Waals surface area contributed by atoms with Crippen LogP contribution >= 0.6 is 0 Å². The number of hydrogen-bond donors (Lipinski definition) is 0. The van der Waals surface area contributed by atoms with E-state index in [2.05, 4.69) is 54.8 Å². The summed E-state index contributed by atoms with van der Waals surface area (Å²) >= 11 is 0. The molecule has 25 heavy (non-hydrogen) atoms. The zero-order valence-corrected chi connectivity index (χ0v) is 16.2. The van der Waals surface area contributed by atoms with Gasteiger partial charge in [-0.1, -0.05) is 29.8 Å². The van der Waals surface area contributed by atoms with Gasteiger partial charge in [0, 0.05) is 44.9 Å². The van der Waals surface area contributed by atoms with Gasteiger partial charge < -0.3 is 9.47 Å². The van der Waals surface area contributed by atoms with E-state index in [4.69, 9.17) is 9.47 Å². The lowest BCUT2D eigenvalue weighted by Gasteiger charge is -2.44. The summed E-state index contributed by atoms with van der Waals surface area (Å²) in [5.41, 5.74) is 2.88. The van der Waals surface area contributed by atoms with Gasteiger partial charge in [-0.25, -0.2) is 0 Å². The lowest BCUT2D eigenvalue weighted by Crippen LogP contribution is -2.56. The van der Waals surface area contributed by atoms with Crippen LogP contribution < -0.4 is 0 Å². The first-order valence-electron chi connectivity index (χ1n) is 9.75. The summed E-state index contributed by atoms with van der Waals surface area (Å²) in [6, 6.07) is 8.90. The van der Waals surface area contributed by atoms with Gasteiger partial charge in [-0.15, -0.1) is 0 Å². The first-order chi connectivity index (χ1) is 12.0. The quantitative estimate of drug-likeness (QED) is 0.757. The molecule has 0 aromatic heterocycles. The molecule has 1 aromatic carbocycles. The summed E-state index contributed by atoms with van der Waals surface area (Å²) in [6.07, 6.45) is 2.79. The predicted molar refractivity (Wildman–Crippen MR) is 102 cm³/mol. The maximum Gasteiger partial charge on any atom is 0.0702 e. The van der Waals surface area contributed by atoms with Crippen molar-refractivity contribution in [3.8, 4) is 0 Å². The summed E-state index contributed by atoms with van der Waals surface area (Å²) in [4.78, 5) is 5.18. The Morgan fingerprint density at radius 2 is 2.00 bits per heavy atom. The van der Waals surface area contributed by atoms with Crippen LogP contribution in [0, 0.1) is 6.92 Å². The van der Waals surface area contributed by atoms with Crippen LogP contribution in [0.2, 0.25) is 0 Å². The third-order valence-electron chi connectivity index (χ3n) is 5.45. The van der Waals surface area contributed by atoms with Crippen LogP contribution in [0.3, 0.4) is 0 Å². The normalized spacial score (nSPS) is 22.6. The van der Waals surface area contributed by atoms with Crippen LogP contribution in [-0.2, 0) is 16.0 Å². The van der Waals surface area contributed by atoms with Crippen molar-refractivity contribution in [1.82, 2.24) is 9.80 Å². The van der Waals surface area contributed by atoms with Gasteiger partial charge in [0.05, 0.1) is 19.3 Å². The largest absolute Gasteiger partial charge is 0.379 e. The lowest BCUT2D eigenvalue weighted by atomic mass is 10.00. The minimum absolute atomic E-state index is 0.145. The molecule has 0 bridgehead atoms. The molecular weight excluding hydrogens is 312 g/mol. The Morgan fingerprint density at radius 3 is 2.68 bits per heavy atom. The number of benzene rings is 1. The first-order valence-corrected chi connectivity index (χ1v) is 9.75. The van der Waals surface area contributed by atoms with Gasteiger partial charge in [0.1, 0.15) is 0 Å². The summed E-state index contributed by atoms with van der Waals surface area (Å²) < 4.78 is 11.5. The van der Waals surface area contributed by atoms with Crippen molar-refractivity contribution in [2.24, 2.45) is 0 Å². The van der Waals surface area contributed by atoms with E-state index in [9.17, 15) is 0 Å². The molecule has 0 spiro atoms. The molecule has 0 radical (unpaired) electrons. The van der Waals surface area contributed by atoms with Crippen molar-refractivity contribution in [1.29, 1.82) is 0 Å². The average molecular weight is 347 g/mol. The highest BCUT2D eigenvalue weighted by atomic mass is 16.5. The third kappa shape index (κ3) is 5.52. The van der Waals surface area contributed by atoms with Gasteiger partial charge in [-0.3, -0.25) is 9.80 Å². The van der Waals surface area contributed by atoms with E-state index in [1.807, 2.05) is 0 Å². The Labute approximate surface area is 153 Å². The summed E-state index contributed by atoms with van der Waals surface area (Å²) in [5, 5.41) is 0. The Kier molecular flexibility index (Phi) is 6.50. The molecule has 1 aromatic rings. The molecule has 2 aliphatic heterocycles. The Bertz CT molecular complexity index is 534. The average Bonchev–Trinajstić information content (AvgIpc) is 3.08. The first kappa shape index (κ1) is 18.8. The van der Waals surface area contributed by atoms with Gasteiger partial charge in [0.15, 0.2) is 0 Å². The fourth-order valence-corrected chi connectivity index (χ4v) is 4.15. The standard InChI is InChI=1S/C21H34N2O2/c1-18-6-4-7-19(14-18)15-22(16-20-8-5-11-25-20)17-21(2,3)23-9-12-24-13-10-23/h4,6-7,14,20H,5,8-13,15-17H2,1-3H3. The highest BCUT2D eigenvalue weighted by molar-refractivity contribution is 5.22. The summed E-state index contributed by atoms with van der Waals surface area (Å²) in [5.74, 6) is 0. The van der Waals surface area contributed by atoms with Gasteiger partial charge >= 0.3 is 0 Å². The molecule has 4 nitrogen and oxygen atoms in total. The van der Waals surface area contributed by atoms with Gasteiger partial charge in [-0.05, 0) is 39.2 Å². The topological polar surface area (TPSA) is 24.9 Å². The molecule has 4 heteroatoms. The molecular formula is C21H34N2O2. The fraction of sp³-hybridized carbons (Fsp3) is 0.714. The second-order valence-corrected chi connectivity index (χ2v) is 8.21. The van der Waals surface area contributed by atoms with Crippen molar-refractivity contribution in [2.45, 2.75) is 51.8 Å². The highest BCUT2D eigenvalue weighted by Crippen LogP contribution is 2.22. The lowest BCUT2D eigenvalue weighted by molar-refractivity contribution is -0.0282. The second-order valence-electron chi connectivity index (χ2n) is 8.21. The minimum atomic E-state index is 0.145. The molecule has 0 aliphatic carbocycles. The second kappa shape index (κ2) is 8.63. The van der Waals surface area contributed by atoms with Crippen molar-refractivity contribution in [2.75, 3.05) is 46.0 Å². The Balaban J connectivity index is 1.68. The molecule has 1 unspecified atom stereocenters. The van der Waals surface area contributed by atoms with E-state index in [-0.39, 0.29) is 5.54 Å². The number of ether oxygens (including phenoxy) is 2. The predicted octanol–water partition coefficient (Wildman–Crippen LogP) is 3.09. The molecule has 140 valence electrons. The molecule has 2 fully saturated rings. The van der Waals surface area contributed by atoms with Crippen molar-refractivity contribution >= 4 is 0 Å². The van der Waals surface area contributed by atoms with Crippen molar-refractivity contribution in [3.05, 3.63) is 35.4 Å². The molecule has 0 saturated carbocycles. The Hall–Kier alpha value is -0.940. The van der Waals surface area contributed by atoms with Crippen molar-refractivity contribution in [3.63, 3.8) is 0 Å². The van der Waals surface area contributed by atoms with E-state index < -0.39 is 0 Å². The van der Waals surface area contributed by atoms with Crippen LogP contribution in [0.4, 0.5) is 0 Å². The van der Waals surface area contributed by atoms with Crippen LogP contribution in [0.15, 0.2) is 24.3 Å². The maximum absolute atomic E-state index is 5.93. The van der Waals surface area contributed by atoms with Crippen LogP contribution in [0.5, 0.6) is 0 Å². The molecule has 1 atom stereocenters. The summed E-state index contributed by atoms with van der Waals surface area (Å²) in [6.45, 7) is 14.7. The van der Waals surface area contributed by atoms with E-state index in [0.29, 0.717) is 6.10 Å². The van der Waals surface area contributed by atoms with E-state index in [1.54, 1.807) is 0 Å². The summed E-state index contributed by atoms with van der Waals surface area (Å²) in [7, 11) is 0. The molecule has 0 amide bonds. The maximum atomic E-state index is 5.93. The zero-order valence-electron chi connectivity index (χ0n) is 16.2. The van der Waals surface area contributed by atoms with Crippen LogP contribution in [-0.4, -0.2) is 67.4 Å². The molecule has 0 N–H and O–H groups in total. The smallest absolute Gasteiger partial charge is 0.0702 e. The Morgan fingerprint density at radius 1 is 1.20 bits per heavy atom. The minimum Gasteiger partial charge on any atom is -0.379 e. The molecule has 2 aliphatic rings. The van der Waals surface area contributed by atoms with E-state index >= 15 is 0 Å². The SMILES string of the molecule is Cc1cccc(CN(CC2CCCO2)CC(C)(C)N2CCOCC2)c1. The van der Waals surface area contributed by atoms with Crippen molar-refractivity contribution < 1.29 is 9.47 Å². The molecule has 2 heterocycles. The zero-order chi connectivity index (χ0) is 17.7. The fourth-order valence-electron chi connectivity index (χ4n) is 4.15. The number of nitrogens with zero attached hydrogens (tertiary/aromatic N) is 2. The van der Waals surface area contributed by atoms with Gasteiger partial charge in [0.25, 0.3) is 0 Å². The number of aryl methyl sites for hydroxylation is 1. The van der Waals surface area contributed by atoms with Gasteiger partial charge in [0.2, 0.25) is 0 Å². The third-order valence-corrected chi connectivity index (χ3v) is 5.45. The van der Waals surface area contributed by atoms with E-state index in [1.165, 1.54) is 24.0 Å². The van der Waals surface area contributed by atoms with Crippen LogP contribution in [0.1, 0.15) is 37.8 Å². The highest BCUT2D eigenvalue weighted by Gasteiger charge is 2.31. The monoisotopic (exact) mass is 346 g/mol. The van der Waals surface area contributed by atoms with Gasteiger partial charge in [-0.2, -0.15) is 0 Å². The number of hydrogen-bond acceptors (Lipinski definition) is 4.